The number of aryl methyl sites for hydroxylation is 1. The van der Waals surface area contributed by atoms with E-state index in [1.807, 2.05) is 85.5 Å². The number of nitrogens with one attached hydrogen (secondary N) is 2. The highest BCUT2D eigenvalue weighted by molar-refractivity contribution is 7.80. The van der Waals surface area contributed by atoms with Crippen molar-refractivity contribution in [3.63, 3.8) is 0 Å². The van der Waals surface area contributed by atoms with E-state index in [4.69, 9.17) is 26.4 Å². The number of nitrogens with zero attached hydrogens (tertiary/aromatic N) is 1. The molecule has 0 radical (unpaired) electrons. The van der Waals surface area contributed by atoms with Crippen molar-refractivity contribution in [3.05, 3.63) is 77.9 Å². The van der Waals surface area contributed by atoms with Crippen LogP contribution in [0, 0.1) is 12.8 Å². The highest BCUT2D eigenvalue weighted by Crippen LogP contribution is 2.50. The summed E-state index contributed by atoms with van der Waals surface area (Å²) >= 11 is 5.82. The summed E-state index contributed by atoms with van der Waals surface area (Å²) in [6, 6.07) is 20.4. The normalized spacial score (nSPS) is 22.4. The molecular formula is C27H27N3O4S. The number of benzene rings is 3. The summed E-state index contributed by atoms with van der Waals surface area (Å²) < 4.78 is 17.3. The number of fused-ring (bicyclic) bond motifs is 4. The zero-order valence-corrected chi connectivity index (χ0v) is 20.8. The SMILES string of the molecule is COc1ccc(NC(=O)[C@@H]2[C@H]3NC(=S)N(c4cccc(C)c4)[C@@]2(C)Oc2ccc(OC)cc23)cc1. The Labute approximate surface area is 210 Å². The summed E-state index contributed by atoms with van der Waals surface area (Å²) in [4.78, 5) is 15.8. The largest absolute Gasteiger partial charge is 0.497 e. The van der Waals surface area contributed by atoms with E-state index in [1.54, 1.807) is 14.2 Å². The lowest BCUT2D eigenvalue weighted by atomic mass is 9.78. The average molecular weight is 490 g/mol. The first-order valence-corrected chi connectivity index (χ1v) is 11.7. The number of hydrogen-bond donors (Lipinski definition) is 2. The second-order valence-electron chi connectivity index (χ2n) is 8.86. The Hall–Kier alpha value is -3.78. The Morgan fingerprint density at radius 3 is 2.46 bits per heavy atom. The van der Waals surface area contributed by atoms with Gasteiger partial charge in [-0.3, -0.25) is 9.69 Å². The Kier molecular flexibility index (Phi) is 5.76. The Balaban J connectivity index is 1.60. The molecule has 1 fully saturated rings. The van der Waals surface area contributed by atoms with Gasteiger partial charge in [0, 0.05) is 16.9 Å². The molecule has 5 rings (SSSR count). The second-order valence-corrected chi connectivity index (χ2v) is 9.24. The lowest BCUT2D eigenvalue weighted by molar-refractivity contribution is -0.130. The van der Waals surface area contributed by atoms with Gasteiger partial charge in [0.1, 0.15) is 23.2 Å². The van der Waals surface area contributed by atoms with Crippen LogP contribution in [0.1, 0.15) is 24.1 Å². The molecule has 7 nitrogen and oxygen atoms in total. The van der Waals surface area contributed by atoms with Gasteiger partial charge in [-0.15, -0.1) is 0 Å². The number of ether oxygens (including phenoxy) is 3. The smallest absolute Gasteiger partial charge is 0.236 e. The lowest BCUT2D eigenvalue weighted by Gasteiger charge is -2.56. The van der Waals surface area contributed by atoms with Crippen molar-refractivity contribution in [2.24, 2.45) is 5.92 Å². The highest BCUT2D eigenvalue weighted by atomic mass is 32.1. The number of methoxy groups -OCH3 is 2. The number of thiocarbonyl (C=S) groups is 1. The molecule has 2 aliphatic rings. The van der Waals surface area contributed by atoms with Crippen molar-refractivity contribution in [2.75, 3.05) is 24.4 Å². The summed E-state index contributed by atoms with van der Waals surface area (Å²) in [6.45, 7) is 3.94. The number of carbonyl (C=O) groups is 1. The van der Waals surface area contributed by atoms with Crippen LogP contribution in [0.5, 0.6) is 17.2 Å². The maximum atomic E-state index is 13.9. The van der Waals surface area contributed by atoms with E-state index < -0.39 is 17.7 Å². The lowest BCUT2D eigenvalue weighted by Crippen LogP contribution is -2.72. The molecule has 2 aliphatic heterocycles. The van der Waals surface area contributed by atoms with Crippen LogP contribution in [0.3, 0.4) is 0 Å². The van der Waals surface area contributed by atoms with Crippen molar-refractivity contribution in [2.45, 2.75) is 25.6 Å². The van der Waals surface area contributed by atoms with Crippen molar-refractivity contribution in [1.29, 1.82) is 0 Å². The predicted molar refractivity (Wildman–Crippen MR) is 139 cm³/mol. The topological polar surface area (TPSA) is 72.1 Å². The molecule has 0 aromatic heterocycles. The minimum Gasteiger partial charge on any atom is -0.497 e. The Morgan fingerprint density at radius 2 is 1.77 bits per heavy atom. The van der Waals surface area contributed by atoms with Crippen LogP contribution in [0.2, 0.25) is 0 Å². The molecule has 3 aromatic rings. The van der Waals surface area contributed by atoms with Crippen LogP contribution in [0.4, 0.5) is 11.4 Å². The van der Waals surface area contributed by atoms with E-state index in [1.165, 1.54) is 0 Å². The van der Waals surface area contributed by atoms with Crippen LogP contribution in [-0.4, -0.2) is 31.0 Å². The van der Waals surface area contributed by atoms with Gasteiger partial charge in [-0.1, -0.05) is 12.1 Å². The predicted octanol–water partition coefficient (Wildman–Crippen LogP) is 4.81. The molecule has 8 heteroatoms. The molecule has 3 aromatic carbocycles. The fraction of sp³-hybridized carbons (Fsp3) is 0.259. The highest BCUT2D eigenvalue weighted by Gasteiger charge is 2.59. The molecule has 0 unspecified atom stereocenters. The van der Waals surface area contributed by atoms with Gasteiger partial charge in [0.15, 0.2) is 10.8 Å². The molecule has 1 amide bonds. The molecule has 3 atom stereocenters. The van der Waals surface area contributed by atoms with E-state index in [2.05, 4.69) is 10.6 Å². The zero-order chi connectivity index (χ0) is 24.7. The molecule has 1 saturated heterocycles. The molecule has 2 bridgehead atoms. The average Bonchev–Trinajstić information content (AvgIpc) is 2.83. The molecule has 0 saturated carbocycles. The molecule has 2 heterocycles. The third kappa shape index (κ3) is 3.93. The van der Waals surface area contributed by atoms with Gasteiger partial charge in [0.05, 0.1) is 20.3 Å². The standard InChI is InChI=1S/C27H27N3O4S/c1-16-6-5-7-18(14-16)30-26(35)29-24-21-15-20(33-4)12-13-22(21)34-27(30,2)23(24)25(31)28-17-8-10-19(32-3)11-9-17/h5-15,23-24H,1-4H3,(H,28,31)(H,29,35)/t23-,24-,27-/m0/s1. The molecule has 0 spiro atoms. The minimum atomic E-state index is -1.08. The van der Waals surface area contributed by atoms with Crippen molar-refractivity contribution in [3.8, 4) is 17.2 Å². The Bertz CT molecular complexity index is 1300. The maximum Gasteiger partial charge on any atom is 0.236 e. The van der Waals surface area contributed by atoms with E-state index >= 15 is 0 Å². The molecule has 180 valence electrons. The Morgan fingerprint density at radius 1 is 1.06 bits per heavy atom. The van der Waals surface area contributed by atoms with E-state index in [9.17, 15) is 4.79 Å². The summed E-state index contributed by atoms with van der Waals surface area (Å²) in [5, 5.41) is 6.97. The minimum absolute atomic E-state index is 0.191. The first-order chi connectivity index (χ1) is 16.8. The van der Waals surface area contributed by atoms with Gasteiger partial charge >= 0.3 is 0 Å². The van der Waals surface area contributed by atoms with Gasteiger partial charge in [-0.25, -0.2) is 0 Å². The van der Waals surface area contributed by atoms with E-state index in [0.717, 1.165) is 16.8 Å². The van der Waals surface area contributed by atoms with Crippen molar-refractivity contribution in [1.82, 2.24) is 5.32 Å². The van der Waals surface area contributed by atoms with Crippen LogP contribution < -0.4 is 29.7 Å². The molecule has 35 heavy (non-hydrogen) atoms. The third-order valence-electron chi connectivity index (χ3n) is 6.60. The zero-order valence-electron chi connectivity index (χ0n) is 20.0. The van der Waals surface area contributed by atoms with Crippen LogP contribution in [-0.2, 0) is 4.79 Å². The van der Waals surface area contributed by atoms with E-state index in [-0.39, 0.29) is 5.91 Å². The quantitative estimate of drug-likeness (QED) is 0.498. The summed E-state index contributed by atoms with van der Waals surface area (Å²) in [6.07, 6.45) is 0. The number of hydrogen-bond acceptors (Lipinski definition) is 5. The number of anilines is 2. The first-order valence-electron chi connectivity index (χ1n) is 11.3. The summed E-state index contributed by atoms with van der Waals surface area (Å²) in [7, 11) is 3.22. The summed E-state index contributed by atoms with van der Waals surface area (Å²) in [5.74, 6) is 1.24. The van der Waals surface area contributed by atoms with Crippen LogP contribution in [0.25, 0.3) is 0 Å². The van der Waals surface area contributed by atoms with Crippen LogP contribution >= 0.6 is 12.2 Å². The van der Waals surface area contributed by atoms with Crippen molar-refractivity contribution < 1.29 is 19.0 Å². The van der Waals surface area contributed by atoms with Crippen molar-refractivity contribution >= 4 is 34.6 Å². The van der Waals surface area contributed by atoms with Crippen LogP contribution in [0.15, 0.2) is 66.7 Å². The number of amides is 1. The van der Waals surface area contributed by atoms with E-state index in [0.29, 0.717) is 28.0 Å². The van der Waals surface area contributed by atoms with Gasteiger partial charge in [0.2, 0.25) is 5.91 Å². The maximum absolute atomic E-state index is 13.9. The fourth-order valence-electron chi connectivity index (χ4n) is 4.94. The van der Waals surface area contributed by atoms with Gasteiger partial charge < -0.3 is 24.8 Å². The molecule has 2 N–H and O–H groups in total. The molecular weight excluding hydrogens is 462 g/mol. The van der Waals surface area contributed by atoms with Gasteiger partial charge in [-0.05, 0) is 86.2 Å². The molecule has 0 aliphatic carbocycles. The first kappa shape index (κ1) is 23.0. The summed E-state index contributed by atoms with van der Waals surface area (Å²) in [5.41, 5.74) is 2.33. The fourth-order valence-corrected chi connectivity index (χ4v) is 5.35. The van der Waals surface area contributed by atoms with Gasteiger partial charge in [0.25, 0.3) is 0 Å². The monoisotopic (exact) mass is 489 g/mol. The third-order valence-corrected chi connectivity index (χ3v) is 6.91. The second kappa shape index (κ2) is 8.78. The number of carbonyl (C=O) groups excluding carboxylic acids is 1. The number of rotatable bonds is 5. The van der Waals surface area contributed by atoms with Gasteiger partial charge in [-0.2, -0.15) is 0 Å².